The van der Waals surface area contributed by atoms with Crippen molar-refractivity contribution < 1.29 is 4.79 Å². The Morgan fingerprint density at radius 3 is 2.07 bits per heavy atom. The van der Waals surface area contributed by atoms with Gasteiger partial charge in [-0.2, -0.15) is 0 Å². The summed E-state index contributed by atoms with van der Waals surface area (Å²) in [5.74, 6) is 0. The molecule has 1 aliphatic carbocycles. The van der Waals surface area contributed by atoms with E-state index in [9.17, 15) is 4.79 Å². The van der Waals surface area contributed by atoms with Crippen LogP contribution in [0.1, 0.15) is 19.3 Å². The molecule has 1 aliphatic rings. The number of primary amides is 1. The van der Waals surface area contributed by atoms with Gasteiger partial charge in [-0.3, -0.25) is 0 Å². The molecule has 92 valence electrons. The standard InChI is InChI=1S/C9H19N3O.2ClH/c1-11(2)6-7-12(9(10)13)8-4-3-5-8;;/h8H,3-7H2,1-2H3,(H2,10,13);2*1H. The summed E-state index contributed by atoms with van der Waals surface area (Å²) >= 11 is 0. The fraction of sp³-hybridized carbons (Fsp3) is 0.889. The van der Waals surface area contributed by atoms with Crippen LogP contribution in [0.5, 0.6) is 0 Å². The molecule has 0 radical (unpaired) electrons. The van der Waals surface area contributed by atoms with Gasteiger partial charge in [-0.15, -0.1) is 24.8 Å². The largest absolute Gasteiger partial charge is 0.351 e. The smallest absolute Gasteiger partial charge is 0.315 e. The highest BCUT2D eigenvalue weighted by Crippen LogP contribution is 2.24. The average Bonchev–Trinajstić information content (AvgIpc) is 1.92. The van der Waals surface area contributed by atoms with Crippen molar-refractivity contribution in [2.45, 2.75) is 25.3 Å². The maximum absolute atomic E-state index is 11.1. The molecule has 1 rings (SSSR count). The van der Waals surface area contributed by atoms with Gasteiger partial charge in [-0.25, -0.2) is 4.79 Å². The number of halogens is 2. The van der Waals surface area contributed by atoms with Gasteiger partial charge in [-0.05, 0) is 33.4 Å². The van der Waals surface area contributed by atoms with Crippen molar-refractivity contribution in [3.8, 4) is 0 Å². The summed E-state index contributed by atoms with van der Waals surface area (Å²) in [6.07, 6.45) is 3.48. The first kappa shape index (κ1) is 17.2. The van der Waals surface area contributed by atoms with E-state index < -0.39 is 0 Å². The van der Waals surface area contributed by atoms with E-state index in [0.717, 1.165) is 25.9 Å². The first-order chi connectivity index (χ1) is 6.11. The fourth-order valence-corrected chi connectivity index (χ4v) is 1.48. The van der Waals surface area contributed by atoms with Gasteiger partial charge in [0.25, 0.3) is 0 Å². The summed E-state index contributed by atoms with van der Waals surface area (Å²) in [5, 5.41) is 0. The van der Waals surface area contributed by atoms with Crippen LogP contribution in [0.15, 0.2) is 0 Å². The minimum Gasteiger partial charge on any atom is -0.351 e. The van der Waals surface area contributed by atoms with E-state index in [1.807, 2.05) is 14.1 Å². The molecule has 2 N–H and O–H groups in total. The van der Waals surface area contributed by atoms with Gasteiger partial charge in [0.1, 0.15) is 0 Å². The van der Waals surface area contributed by atoms with Crippen molar-refractivity contribution in [2.24, 2.45) is 5.73 Å². The number of likely N-dealkylation sites (N-methyl/N-ethyl adjacent to an activating group) is 1. The molecule has 0 heterocycles. The molecule has 0 unspecified atom stereocenters. The molecule has 1 fully saturated rings. The van der Waals surface area contributed by atoms with Crippen LogP contribution in [0.3, 0.4) is 0 Å². The van der Waals surface area contributed by atoms with Gasteiger partial charge >= 0.3 is 6.03 Å². The van der Waals surface area contributed by atoms with Crippen LogP contribution in [0, 0.1) is 0 Å². The average molecular weight is 258 g/mol. The highest BCUT2D eigenvalue weighted by atomic mass is 35.5. The van der Waals surface area contributed by atoms with Crippen molar-refractivity contribution in [2.75, 3.05) is 27.2 Å². The van der Waals surface area contributed by atoms with Crippen LogP contribution >= 0.6 is 24.8 Å². The Morgan fingerprint density at radius 1 is 1.27 bits per heavy atom. The zero-order chi connectivity index (χ0) is 9.84. The Hall–Kier alpha value is -0.190. The van der Waals surface area contributed by atoms with Gasteiger partial charge in [0.2, 0.25) is 0 Å². The first-order valence-electron chi connectivity index (χ1n) is 4.82. The number of carbonyl (C=O) groups is 1. The topological polar surface area (TPSA) is 49.6 Å². The lowest BCUT2D eigenvalue weighted by atomic mass is 9.92. The number of amides is 2. The predicted molar refractivity (Wildman–Crippen MR) is 67.0 cm³/mol. The van der Waals surface area contributed by atoms with E-state index in [1.165, 1.54) is 6.42 Å². The normalized spacial score (nSPS) is 14.9. The van der Waals surface area contributed by atoms with Gasteiger partial charge in [-0.1, -0.05) is 0 Å². The van der Waals surface area contributed by atoms with Gasteiger partial charge < -0.3 is 15.5 Å². The monoisotopic (exact) mass is 257 g/mol. The summed E-state index contributed by atoms with van der Waals surface area (Å²) in [4.78, 5) is 14.9. The van der Waals surface area contributed by atoms with Crippen molar-refractivity contribution in [1.82, 2.24) is 9.80 Å². The molecule has 6 heteroatoms. The van der Waals surface area contributed by atoms with Gasteiger partial charge in [0, 0.05) is 19.1 Å². The van der Waals surface area contributed by atoms with Gasteiger partial charge in [0.15, 0.2) is 0 Å². The van der Waals surface area contributed by atoms with Crippen LogP contribution in [-0.2, 0) is 0 Å². The lowest BCUT2D eigenvalue weighted by molar-refractivity contribution is 0.138. The second-order valence-corrected chi connectivity index (χ2v) is 3.92. The van der Waals surface area contributed by atoms with Crippen LogP contribution in [-0.4, -0.2) is 49.1 Å². The Kier molecular flexibility index (Phi) is 9.20. The van der Waals surface area contributed by atoms with E-state index in [2.05, 4.69) is 4.90 Å². The third-order valence-corrected chi connectivity index (χ3v) is 2.59. The minimum atomic E-state index is -0.272. The third kappa shape index (κ3) is 5.44. The van der Waals surface area contributed by atoms with Crippen LogP contribution < -0.4 is 5.73 Å². The molecule has 0 bridgehead atoms. The summed E-state index contributed by atoms with van der Waals surface area (Å²) in [5.41, 5.74) is 5.30. The molecule has 2 amide bonds. The summed E-state index contributed by atoms with van der Waals surface area (Å²) < 4.78 is 0. The number of hydrogen-bond donors (Lipinski definition) is 1. The Labute approximate surface area is 104 Å². The summed E-state index contributed by atoms with van der Waals surface area (Å²) in [6.45, 7) is 1.65. The zero-order valence-electron chi connectivity index (χ0n) is 9.31. The maximum Gasteiger partial charge on any atom is 0.315 e. The van der Waals surface area contributed by atoms with E-state index >= 15 is 0 Å². The van der Waals surface area contributed by atoms with E-state index in [1.54, 1.807) is 4.90 Å². The SMILES string of the molecule is CN(C)CCN(C(N)=O)C1CCC1.Cl.Cl. The van der Waals surface area contributed by atoms with Crippen molar-refractivity contribution in [1.29, 1.82) is 0 Å². The number of hydrogen-bond acceptors (Lipinski definition) is 2. The van der Waals surface area contributed by atoms with Crippen LogP contribution in [0.4, 0.5) is 4.79 Å². The first-order valence-corrected chi connectivity index (χ1v) is 4.82. The molecule has 0 spiro atoms. The lowest BCUT2D eigenvalue weighted by Crippen LogP contribution is -2.49. The molecule has 4 nitrogen and oxygen atoms in total. The molecular formula is C9H21Cl2N3O. The Bertz CT molecular complexity index is 186. The molecule has 15 heavy (non-hydrogen) atoms. The van der Waals surface area contributed by atoms with Crippen LogP contribution in [0.25, 0.3) is 0 Å². The summed E-state index contributed by atoms with van der Waals surface area (Å²) in [6, 6.07) is 0.143. The molecule has 0 aromatic heterocycles. The van der Waals surface area contributed by atoms with E-state index in [4.69, 9.17) is 5.73 Å². The second-order valence-electron chi connectivity index (χ2n) is 3.92. The quantitative estimate of drug-likeness (QED) is 0.826. The molecule has 0 saturated heterocycles. The molecule has 0 aromatic rings. The molecule has 1 saturated carbocycles. The number of carbonyl (C=O) groups excluding carboxylic acids is 1. The zero-order valence-corrected chi connectivity index (χ0v) is 10.9. The van der Waals surface area contributed by atoms with E-state index in [0.29, 0.717) is 6.04 Å². The highest BCUT2D eigenvalue weighted by molar-refractivity contribution is 5.85. The maximum atomic E-state index is 11.1. The van der Waals surface area contributed by atoms with Crippen LogP contribution in [0.2, 0.25) is 0 Å². The Morgan fingerprint density at radius 2 is 1.80 bits per heavy atom. The fourth-order valence-electron chi connectivity index (χ4n) is 1.48. The number of nitrogens with two attached hydrogens (primary N) is 1. The number of urea groups is 1. The number of nitrogens with zero attached hydrogens (tertiary/aromatic N) is 2. The Balaban J connectivity index is 0. The van der Waals surface area contributed by atoms with Crippen molar-refractivity contribution in [3.63, 3.8) is 0 Å². The van der Waals surface area contributed by atoms with Crippen molar-refractivity contribution >= 4 is 30.8 Å². The van der Waals surface area contributed by atoms with Gasteiger partial charge in [0.05, 0.1) is 0 Å². The summed E-state index contributed by atoms with van der Waals surface area (Å²) in [7, 11) is 4.00. The molecule has 0 aliphatic heterocycles. The molecule has 0 atom stereocenters. The number of rotatable bonds is 4. The minimum absolute atomic E-state index is 0. The predicted octanol–water partition coefficient (Wildman–Crippen LogP) is 1.32. The molecular weight excluding hydrogens is 237 g/mol. The third-order valence-electron chi connectivity index (χ3n) is 2.59. The van der Waals surface area contributed by atoms with E-state index in [-0.39, 0.29) is 30.8 Å². The lowest BCUT2D eigenvalue weighted by Gasteiger charge is -2.36. The highest BCUT2D eigenvalue weighted by Gasteiger charge is 2.26. The molecule has 0 aromatic carbocycles. The second kappa shape index (κ2) is 8.02. The van der Waals surface area contributed by atoms with Crippen molar-refractivity contribution in [3.05, 3.63) is 0 Å².